The van der Waals surface area contributed by atoms with Crippen LogP contribution < -0.4 is 4.72 Å². The molecule has 1 N–H and O–H groups in total. The van der Waals surface area contributed by atoms with Crippen molar-refractivity contribution in [1.29, 1.82) is 0 Å². The van der Waals surface area contributed by atoms with Crippen molar-refractivity contribution in [3.63, 3.8) is 0 Å². The molecule has 0 spiro atoms. The van der Waals surface area contributed by atoms with Gasteiger partial charge in [-0.05, 0) is 43.7 Å². The number of nitrogens with one attached hydrogen (secondary N) is 1. The molecular formula is C15H17NO3S2. The molecule has 112 valence electrons. The molecule has 0 saturated heterocycles. The molecule has 2 aromatic rings. The highest BCUT2D eigenvalue weighted by molar-refractivity contribution is 7.92. The van der Waals surface area contributed by atoms with Crippen molar-refractivity contribution >= 4 is 26.5 Å². The molecule has 0 aliphatic carbocycles. The molecule has 2 rings (SSSR count). The van der Waals surface area contributed by atoms with Crippen LogP contribution in [0.2, 0.25) is 0 Å². The monoisotopic (exact) mass is 323 g/mol. The Hall–Kier alpha value is -1.66. The number of anilines is 1. The fraction of sp³-hybridized carbons (Fsp3) is 0.200. The Morgan fingerprint density at radius 3 is 2.38 bits per heavy atom. The highest BCUT2D eigenvalue weighted by atomic mass is 32.2. The summed E-state index contributed by atoms with van der Waals surface area (Å²) in [7, 11) is -4.81. The van der Waals surface area contributed by atoms with E-state index in [9.17, 15) is 12.6 Å². The summed E-state index contributed by atoms with van der Waals surface area (Å²) in [4.78, 5) is 0.826. The topological polar surface area (TPSA) is 63.2 Å². The Morgan fingerprint density at radius 2 is 1.76 bits per heavy atom. The van der Waals surface area contributed by atoms with Crippen LogP contribution in [0.5, 0.6) is 0 Å². The zero-order valence-electron chi connectivity index (χ0n) is 12.1. The summed E-state index contributed by atoms with van der Waals surface area (Å²) >= 11 is 0. The van der Waals surface area contributed by atoms with Gasteiger partial charge in [0.15, 0.2) is 0 Å². The van der Waals surface area contributed by atoms with Crippen molar-refractivity contribution in [2.24, 2.45) is 0 Å². The lowest BCUT2D eigenvalue weighted by molar-refractivity contribution is 0.600. The first kappa shape index (κ1) is 15.7. The van der Waals surface area contributed by atoms with E-state index in [0.29, 0.717) is 16.1 Å². The van der Waals surface area contributed by atoms with Crippen LogP contribution in [0.3, 0.4) is 0 Å². The number of benzene rings is 2. The molecule has 0 radical (unpaired) electrons. The summed E-state index contributed by atoms with van der Waals surface area (Å²) in [5, 5.41) is 0. The van der Waals surface area contributed by atoms with Crippen molar-refractivity contribution in [3.05, 3.63) is 53.6 Å². The molecule has 4 nitrogen and oxygen atoms in total. The third kappa shape index (κ3) is 3.71. The van der Waals surface area contributed by atoms with E-state index >= 15 is 0 Å². The first-order valence-corrected chi connectivity index (χ1v) is 9.37. The van der Waals surface area contributed by atoms with Crippen LogP contribution in [0.15, 0.2) is 52.3 Å². The lowest BCUT2D eigenvalue weighted by atomic mass is 10.2. The van der Waals surface area contributed by atoms with Crippen molar-refractivity contribution in [2.75, 3.05) is 11.0 Å². The average Bonchev–Trinajstić information content (AvgIpc) is 2.37. The molecule has 0 heterocycles. The molecule has 21 heavy (non-hydrogen) atoms. The van der Waals surface area contributed by atoms with Gasteiger partial charge in [-0.2, -0.15) is 0 Å². The summed E-state index contributed by atoms with van der Waals surface area (Å²) in [6.07, 6.45) is 1.55. The zero-order chi connectivity index (χ0) is 15.6. The number of hydrogen-bond acceptors (Lipinski definition) is 3. The van der Waals surface area contributed by atoms with Crippen molar-refractivity contribution < 1.29 is 12.6 Å². The zero-order valence-corrected chi connectivity index (χ0v) is 13.7. The SMILES string of the molecule is Cc1ccc(S(=O)(=O)Nc2cccc(S(C)=O)c2)c(C)c1. The molecule has 1 atom stereocenters. The molecule has 2 aromatic carbocycles. The van der Waals surface area contributed by atoms with Crippen molar-refractivity contribution in [3.8, 4) is 0 Å². The molecule has 0 aromatic heterocycles. The van der Waals surface area contributed by atoms with E-state index in [1.54, 1.807) is 49.6 Å². The maximum absolute atomic E-state index is 12.4. The van der Waals surface area contributed by atoms with Gasteiger partial charge in [0.1, 0.15) is 0 Å². The van der Waals surface area contributed by atoms with Gasteiger partial charge in [0.2, 0.25) is 0 Å². The van der Waals surface area contributed by atoms with Crippen LogP contribution in [-0.2, 0) is 20.8 Å². The van der Waals surface area contributed by atoms with Crippen LogP contribution >= 0.6 is 0 Å². The van der Waals surface area contributed by atoms with Crippen LogP contribution in [0.4, 0.5) is 5.69 Å². The molecule has 0 amide bonds. The van der Waals surface area contributed by atoms with Crippen LogP contribution in [0.25, 0.3) is 0 Å². The second-order valence-corrected chi connectivity index (χ2v) is 7.89. The predicted molar refractivity (Wildman–Crippen MR) is 85.5 cm³/mol. The van der Waals surface area contributed by atoms with E-state index in [-0.39, 0.29) is 4.90 Å². The average molecular weight is 323 g/mol. The molecule has 0 saturated carbocycles. The van der Waals surface area contributed by atoms with Crippen LogP contribution in [-0.4, -0.2) is 18.9 Å². The highest BCUT2D eigenvalue weighted by Crippen LogP contribution is 2.21. The Labute approximate surface area is 127 Å². The van der Waals surface area contributed by atoms with Gasteiger partial charge in [-0.25, -0.2) is 8.42 Å². The number of rotatable bonds is 4. The quantitative estimate of drug-likeness (QED) is 0.941. The molecule has 0 fully saturated rings. The smallest absolute Gasteiger partial charge is 0.262 e. The van der Waals surface area contributed by atoms with Gasteiger partial charge in [0.05, 0.1) is 10.6 Å². The minimum Gasteiger partial charge on any atom is -0.280 e. The second kappa shape index (κ2) is 5.99. The van der Waals surface area contributed by atoms with Gasteiger partial charge in [-0.1, -0.05) is 23.8 Å². The van der Waals surface area contributed by atoms with E-state index in [2.05, 4.69) is 4.72 Å². The summed E-state index contributed by atoms with van der Waals surface area (Å²) in [6.45, 7) is 3.68. The molecule has 6 heteroatoms. The Bertz CT molecular complexity index is 798. The second-order valence-electron chi connectivity index (χ2n) is 4.86. The van der Waals surface area contributed by atoms with E-state index in [1.807, 2.05) is 13.0 Å². The van der Waals surface area contributed by atoms with Gasteiger partial charge in [-0.3, -0.25) is 8.93 Å². The van der Waals surface area contributed by atoms with Crippen molar-refractivity contribution in [2.45, 2.75) is 23.6 Å². The lowest BCUT2D eigenvalue weighted by Gasteiger charge is -2.11. The van der Waals surface area contributed by atoms with E-state index in [1.165, 1.54) is 0 Å². The largest absolute Gasteiger partial charge is 0.280 e. The van der Waals surface area contributed by atoms with E-state index < -0.39 is 20.8 Å². The Balaban J connectivity index is 2.37. The molecule has 0 aliphatic heterocycles. The summed E-state index contributed by atoms with van der Waals surface area (Å²) in [5.74, 6) is 0. The van der Waals surface area contributed by atoms with Gasteiger partial charge >= 0.3 is 0 Å². The summed E-state index contributed by atoms with van der Waals surface area (Å²) in [6, 6.07) is 11.8. The molecule has 0 aliphatic rings. The normalized spacial score (nSPS) is 12.9. The standard InChI is InChI=1S/C15H17NO3S2/c1-11-7-8-15(12(2)9-11)21(18,19)16-13-5-4-6-14(10-13)20(3)17/h4-10,16H,1-3H3. The van der Waals surface area contributed by atoms with E-state index in [4.69, 9.17) is 0 Å². The fourth-order valence-corrected chi connectivity index (χ4v) is 3.89. The lowest BCUT2D eigenvalue weighted by Crippen LogP contribution is -2.14. The maximum atomic E-state index is 12.4. The van der Waals surface area contributed by atoms with Gasteiger partial charge in [0, 0.05) is 22.0 Å². The number of aryl methyl sites for hydroxylation is 2. The van der Waals surface area contributed by atoms with Gasteiger partial charge in [-0.15, -0.1) is 0 Å². The number of sulfonamides is 1. The minimum atomic E-state index is -3.65. The predicted octanol–water partition coefficient (Wildman–Crippen LogP) is 2.84. The highest BCUT2D eigenvalue weighted by Gasteiger charge is 2.17. The fourth-order valence-electron chi connectivity index (χ4n) is 2.05. The molecular weight excluding hydrogens is 306 g/mol. The first-order chi connectivity index (χ1) is 9.79. The van der Waals surface area contributed by atoms with Gasteiger partial charge < -0.3 is 0 Å². The van der Waals surface area contributed by atoms with Crippen molar-refractivity contribution in [1.82, 2.24) is 0 Å². The maximum Gasteiger partial charge on any atom is 0.262 e. The Morgan fingerprint density at radius 1 is 1.05 bits per heavy atom. The first-order valence-electron chi connectivity index (χ1n) is 6.33. The van der Waals surface area contributed by atoms with Crippen LogP contribution in [0.1, 0.15) is 11.1 Å². The minimum absolute atomic E-state index is 0.246. The third-order valence-electron chi connectivity index (χ3n) is 3.04. The third-order valence-corrected chi connectivity index (χ3v) is 5.50. The van der Waals surface area contributed by atoms with E-state index in [0.717, 1.165) is 5.56 Å². The molecule has 0 bridgehead atoms. The van der Waals surface area contributed by atoms with Gasteiger partial charge in [0.25, 0.3) is 10.0 Å². The molecule has 1 unspecified atom stereocenters. The Kier molecular flexibility index (Phi) is 4.49. The number of hydrogen-bond donors (Lipinski definition) is 1. The summed E-state index contributed by atoms with van der Waals surface area (Å²) in [5.41, 5.74) is 2.11. The summed E-state index contributed by atoms with van der Waals surface area (Å²) < 4.78 is 38.8. The van der Waals surface area contributed by atoms with Crippen LogP contribution in [0, 0.1) is 13.8 Å².